The van der Waals surface area contributed by atoms with Gasteiger partial charge in [0.1, 0.15) is 21.4 Å². The van der Waals surface area contributed by atoms with Gasteiger partial charge in [-0.2, -0.15) is 13.7 Å². The Morgan fingerprint density at radius 3 is 0.793 bits per heavy atom. The normalized spacial score (nSPS) is 9.85. The van der Waals surface area contributed by atoms with E-state index in [9.17, 15) is 28.8 Å². The zero-order chi connectivity index (χ0) is 105. The van der Waals surface area contributed by atoms with Crippen molar-refractivity contribution in [3.63, 3.8) is 0 Å². The molecule has 2 aromatic carbocycles. The first-order valence-corrected chi connectivity index (χ1v) is 42.4. The van der Waals surface area contributed by atoms with E-state index < -0.39 is 11.6 Å². The molecular weight excluding hydrogens is 1970 g/mol. The van der Waals surface area contributed by atoms with Gasteiger partial charge in [0, 0.05) is 380 Å². The molecule has 4 N–H and O–H groups in total. The van der Waals surface area contributed by atoms with Gasteiger partial charge in [-0.3, -0.25) is 44.0 Å². The molecule has 2 unspecified atom stereocenters. The molecule has 3 aliphatic rings. The van der Waals surface area contributed by atoms with Gasteiger partial charge in [0.05, 0.1) is 65.9 Å². The van der Waals surface area contributed by atoms with E-state index in [-0.39, 0.29) is 71.1 Å². The highest BCUT2D eigenvalue weighted by atomic mass is 79.9. The van der Waals surface area contributed by atoms with Gasteiger partial charge in [-0.1, -0.05) is 114 Å². The molecule has 0 spiro atoms. The Hall–Kier alpha value is -22.9. The Morgan fingerprint density at radius 1 is 0.379 bits per heavy atom. The summed E-state index contributed by atoms with van der Waals surface area (Å²) in [6, 6.07) is 13.2. The predicted octanol–water partition coefficient (Wildman–Crippen LogP) is 21.2. The van der Waals surface area contributed by atoms with Crippen LogP contribution in [0.15, 0.2) is 514 Å². The topological polar surface area (TPSA) is 228 Å². The van der Waals surface area contributed by atoms with Crippen molar-refractivity contribution in [3.8, 4) is 0 Å². The van der Waals surface area contributed by atoms with E-state index in [0.717, 1.165) is 15.3 Å². The fourth-order valence-corrected chi connectivity index (χ4v) is 11.3. The number of nitrogens with one attached hydrogen (secondary N) is 2. The van der Waals surface area contributed by atoms with Gasteiger partial charge in [0.15, 0.2) is 17.3 Å². The number of H-pyrrole nitrogens is 2. The molecular formula is C123H52Br2Cl2N12O6. The number of amidine groups is 1. The van der Waals surface area contributed by atoms with Crippen molar-refractivity contribution >= 4 is 108 Å². The summed E-state index contributed by atoms with van der Waals surface area (Å²) in [6.07, 6.45) is 0. The van der Waals surface area contributed by atoms with Crippen LogP contribution in [0, 0.1) is 5.92 Å². The molecule has 1 fully saturated rings. The first-order valence-electron chi connectivity index (χ1n) is 40.3. The molecule has 22 heteroatoms. The van der Waals surface area contributed by atoms with E-state index in [1.54, 1.807) is 73.9 Å². The van der Waals surface area contributed by atoms with Gasteiger partial charge in [0.25, 0.3) is 29.5 Å². The molecule has 5 aromatic rings. The van der Waals surface area contributed by atoms with Crippen LogP contribution in [0.1, 0.15) is 134 Å². The summed E-state index contributed by atoms with van der Waals surface area (Å²) in [7, 11) is 0. The molecule has 145 heavy (non-hydrogen) atoms. The third-order valence-corrected chi connectivity index (χ3v) is 18.2. The maximum absolute atomic E-state index is 12.5. The lowest BCUT2D eigenvalue weighted by Gasteiger charge is -2.19. The Labute approximate surface area is 857 Å². The number of carbonyl (C=O) groups is 6. The number of halogens is 4. The summed E-state index contributed by atoms with van der Waals surface area (Å²) in [5, 5.41) is 15.6. The van der Waals surface area contributed by atoms with Crippen LogP contribution >= 0.6 is 55.5 Å². The van der Waals surface area contributed by atoms with Gasteiger partial charge < -0.3 is 5.73 Å². The largest absolute Gasteiger partial charge is 0.387 e. The van der Waals surface area contributed by atoms with Crippen molar-refractivity contribution in [1.29, 1.82) is 0 Å². The average Bonchev–Trinajstić information content (AvgIpc) is 1.61. The van der Waals surface area contributed by atoms with E-state index in [1.807, 2.05) is 27.7 Å². The van der Waals surface area contributed by atoms with Crippen LogP contribution in [0.4, 0.5) is 10.6 Å². The molecule has 0 radical (unpaired) electrons. The second kappa shape index (κ2) is 64.9. The van der Waals surface area contributed by atoms with E-state index in [0.29, 0.717) is 49.6 Å². The molecule has 6 heterocycles. The van der Waals surface area contributed by atoms with Crippen LogP contribution in [0.3, 0.4) is 0 Å². The highest BCUT2D eigenvalue weighted by Gasteiger charge is 2.50. The first-order chi connectivity index (χ1) is 70.1. The maximum atomic E-state index is 12.5. The van der Waals surface area contributed by atoms with Gasteiger partial charge in [-0.15, -0.1) is 5.10 Å². The van der Waals surface area contributed by atoms with Crippen molar-refractivity contribution in [2.75, 3.05) is 13.1 Å². The second-order valence-corrected chi connectivity index (χ2v) is 30.4. The van der Waals surface area contributed by atoms with Crippen molar-refractivity contribution in [2.24, 2.45) is 16.6 Å². The number of aliphatic imine (C=N–C) groups is 1. The third kappa shape index (κ3) is 42.5. The van der Waals surface area contributed by atoms with E-state index in [1.165, 1.54) is 13.7 Å². The van der Waals surface area contributed by atoms with Crippen molar-refractivity contribution in [3.05, 3.63) is 558 Å². The van der Waals surface area contributed by atoms with Crippen LogP contribution in [0.2, 0.25) is 10.0 Å². The molecule has 8 rings (SSSR count). The number of hydrogen-bond donors (Lipinski definition) is 3. The van der Waals surface area contributed by atoms with Crippen LogP contribution in [-0.4, -0.2) is 108 Å². The molecule has 2 atom stereocenters. The number of fused-ring (bicyclic) bond motifs is 3. The minimum Gasteiger partial charge on any atom is -0.387 e. The molecule has 3 aromatic heterocycles. The van der Waals surface area contributed by atoms with E-state index in [4.69, 9.17) is 28.9 Å². The monoisotopic (exact) mass is 2020 g/mol. The molecule has 18 nitrogen and oxygen atoms in total. The number of aromatic nitrogens is 6. The minimum atomic E-state index is -0.805. The van der Waals surface area contributed by atoms with Crippen LogP contribution in [-0.2, 0) is 15.6 Å². The van der Waals surface area contributed by atoms with Gasteiger partial charge in [-0.05, 0) is 143 Å². The zero-order valence-corrected chi connectivity index (χ0v) is 82.3. The maximum Gasteiger partial charge on any atom is 0.348 e. The number of hydrogen-bond acceptors (Lipinski definition) is 10. The van der Waals surface area contributed by atoms with Gasteiger partial charge in [-0.25, -0.2) is 18.7 Å². The number of amides is 7. The minimum absolute atomic E-state index is 0.135. The lowest BCUT2D eigenvalue weighted by Crippen LogP contribution is -2.38. The molecule has 7 amide bonds. The summed E-state index contributed by atoms with van der Waals surface area (Å²) in [4.78, 5) is 83.6. The van der Waals surface area contributed by atoms with Gasteiger partial charge in [0.2, 0.25) is 0 Å². The van der Waals surface area contributed by atoms with Crippen LogP contribution in [0.5, 0.6) is 0 Å². The summed E-state index contributed by atoms with van der Waals surface area (Å²) in [5.74, 6) is -0.965. The Kier molecular flexibility index (Phi) is 50.4. The number of aromatic amines is 2. The smallest absolute Gasteiger partial charge is 0.348 e. The number of nitrogens with two attached hydrogens (primary N) is 1. The first kappa shape index (κ1) is 113. The number of rotatable bonds is 7. The summed E-state index contributed by atoms with van der Waals surface area (Å²) in [6.45, 7) is 26.2. The molecule has 668 valence electrons. The van der Waals surface area contributed by atoms with Crippen LogP contribution in [0.25, 0.3) is 5.65 Å². The molecule has 0 bridgehead atoms. The summed E-state index contributed by atoms with van der Waals surface area (Å²) < 4.78 is 3.66. The quantitative estimate of drug-likeness (QED) is 0.0349. The lowest BCUT2D eigenvalue weighted by atomic mass is 9.92. The fraction of sp³-hybridized carbons (Fsp3) is 0.138. The number of imide groups is 3. The zero-order valence-electron chi connectivity index (χ0n) is 77.7. The highest BCUT2D eigenvalue weighted by molar-refractivity contribution is 9.08. The SMILES string of the molecule is C=C=C=C=C=C=C=C=C=C=C=C=C=C=C=C=C=C=C=C=C=C=C=C=C=C=C=C=C=C=C=C=C=C=C=C=C=C=C=C=C=C=C=C=C=C=C=C=C=C=C=C=C=C=C=C=C=C=C=C=C=C=C=C=C=C=C=C=C=C=C=C=C=C=C=C=C=C=C=C.CC(CN1C(=O)c2ccccc2C1=O)C(N)=Nc1n[nH]c(C(C)(C)C)c1Cl.CC(CN1C(=O)c2ccccc2C1=O)c1nc2c(Cl)c(C(C)(C)C)[nH]n2n1.CC1(C)C(=O)N(Br)C(=O)N1Br. The van der Waals surface area contributed by atoms with Crippen molar-refractivity contribution < 1.29 is 28.8 Å². The highest BCUT2D eigenvalue weighted by Crippen LogP contribution is 2.36. The van der Waals surface area contributed by atoms with Crippen molar-refractivity contribution in [2.45, 2.75) is 91.5 Å². The molecule has 0 saturated carbocycles. The third-order valence-electron chi connectivity index (χ3n) is 15.7. The fourth-order valence-electron chi connectivity index (χ4n) is 9.30. The van der Waals surface area contributed by atoms with Crippen molar-refractivity contribution in [1.82, 2.24) is 47.7 Å². The average molecular weight is 2020 g/mol. The van der Waals surface area contributed by atoms with E-state index >= 15 is 0 Å². The standard InChI is InChI=1S/C80H4.C19H20ClN5O2.C19H22ClN5O2.C5H6Br2N2O2/c1-3-5-7-9-11-13-15-17-19-21-23-25-27-29-31-33-35-37-39-41-43-45-47-49-51-53-55-57-59-61-63-65-67-69-71-73-75-77-79-80-78-76-74-72-70-68-66-64-62-60-58-56-54-52-50-48-46-44-42-40-38-36-34-32-30-28-26-24-22-20-18-16-14-12-10-8-6-4-2;1-10(9-24-17(26)11-7-5-6-8-12(11)18(24)27)15-21-16-13(20)14(19(2,3)4)22-25(16)23-15;1-10(9-25-17(26)11-7-5-6-8-12(11)18(25)27)15(21)22-16-13(20)14(23-24-16)19(2,3)4;1-5(2)3(10)8(6)4(11)9(5)7/h1-2H2;5-8,10,22H,9H2,1-4H3;5-8,10H,9H2,1-4H3,(H3,21,22,23,24);1-2H3. The molecule has 1 saturated heterocycles. The summed E-state index contributed by atoms with van der Waals surface area (Å²) >= 11 is 18.7. The Morgan fingerprint density at radius 2 is 0.607 bits per heavy atom. The summed E-state index contributed by atoms with van der Waals surface area (Å²) in [5.41, 5.74) is 203. The number of carbonyl (C=O) groups excluding carboxylic acids is 6. The predicted molar refractivity (Wildman–Crippen MR) is 537 cm³/mol. The number of benzene rings is 2. The Bertz CT molecular complexity index is 9510. The Balaban J connectivity index is 0.000000446. The van der Waals surface area contributed by atoms with Crippen LogP contribution < -0.4 is 5.73 Å². The van der Waals surface area contributed by atoms with E-state index in [2.05, 4.69) is 544 Å². The lowest BCUT2D eigenvalue weighted by molar-refractivity contribution is -0.127. The number of nitrogens with zero attached hydrogens (tertiary/aromatic N) is 9. The molecule has 0 aliphatic carbocycles. The second-order valence-electron chi connectivity index (χ2n) is 28.2. The molecule has 3 aliphatic heterocycles. The van der Waals surface area contributed by atoms with Gasteiger partial charge >= 0.3 is 6.03 Å². The number of urea groups is 1.